The van der Waals surface area contributed by atoms with Gasteiger partial charge in [0.2, 0.25) is 0 Å². The number of aromatic carboxylic acids is 1. The quantitative estimate of drug-likeness (QED) is 0.903. The lowest BCUT2D eigenvalue weighted by Gasteiger charge is -2.14. The van der Waals surface area contributed by atoms with E-state index in [9.17, 15) is 4.79 Å². The zero-order valence-electron chi connectivity index (χ0n) is 10.3. The predicted molar refractivity (Wildman–Crippen MR) is 69.9 cm³/mol. The van der Waals surface area contributed by atoms with Gasteiger partial charge in [0.15, 0.2) is 0 Å². The third-order valence-electron chi connectivity index (χ3n) is 2.60. The van der Waals surface area contributed by atoms with Crippen LogP contribution >= 0.6 is 11.3 Å². The maximum Gasteiger partial charge on any atom is 0.346 e. The lowest BCUT2D eigenvalue weighted by molar-refractivity contribution is 0.0700. The number of hydrogen-bond donors (Lipinski definition) is 1. The van der Waals surface area contributed by atoms with E-state index in [0.717, 1.165) is 17.1 Å². The first kappa shape index (κ1) is 12.9. The van der Waals surface area contributed by atoms with Gasteiger partial charge in [-0.15, -0.1) is 11.3 Å². The summed E-state index contributed by atoms with van der Waals surface area (Å²) in [4.78, 5) is 13.4. The summed E-state index contributed by atoms with van der Waals surface area (Å²) in [5.41, 5.74) is 0.846. The topological polar surface area (TPSA) is 53.7 Å². The Morgan fingerprint density at radius 1 is 1.39 bits per heavy atom. The summed E-state index contributed by atoms with van der Waals surface area (Å²) in [6.45, 7) is 3.18. The largest absolute Gasteiger partial charge is 0.477 e. The molecule has 0 bridgehead atoms. The van der Waals surface area contributed by atoms with Gasteiger partial charge in [0, 0.05) is 6.54 Å². The molecule has 0 saturated heterocycles. The number of carboxylic acids is 1. The first-order chi connectivity index (χ1) is 8.56. The van der Waals surface area contributed by atoms with Crippen molar-refractivity contribution in [3.05, 3.63) is 45.5 Å². The minimum atomic E-state index is -0.859. The van der Waals surface area contributed by atoms with Crippen LogP contribution in [0.4, 0.5) is 0 Å². The van der Waals surface area contributed by atoms with Crippen molar-refractivity contribution in [2.75, 3.05) is 7.05 Å². The Morgan fingerprint density at radius 3 is 2.78 bits per heavy atom. The Morgan fingerprint density at radius 2 is 2.17 bits per heavy atom. The highest BCUT2D eigenvalue weighted by Crippen LogP contribution is 2.19. The van der Waals surface area contributed by atoms with Gasteiger partial charge in [-0.25, -0.2) is 4.79 Å². The van der Waals surface area contributed by atoms with E-state index >= 15 is 0 Å². The highest BCUT2D eigenvalue weighted by molar-refractivity contribution is 7.12. The number of carboxylic acid groups (broad SMARTS) is 1. The smallest absolute Gasteiger partial charge is 0.346 e. The molecule has 0 saturated carbocycles. The van der Waals surface area contributed by atoms with Crippen molar-refractivity contribution in [3.8, 4) is 0 Å². The second-order valence-corrected chi connectivity index (χ2v) is 5.18. The molecule has 4 nitrogen and oxygen atoms in total. The maximum atomic E-state index is 11.0. The van der Waals surface area contributed by atoms with Gasteiger partial charge in [-0.05, 0) is 43.1 Å². The van der Waals surface area contributed by atoms with Crippen LogP contribution in [0, 0.1) is 6.92 Å². The summed E-state index contributed by atoms with van der Waals surface area (Å²) >= 11 is 1.26. The molecule has 0 amide bonds. The molecule has 2 heterocycles. The molecule has 0 spiro atoms. The van der Waals surface area contributed by atoms with Crippen molar-refractivity contribution in [2.45, 2.75) is 20.0 Å². The van der Waals surface area contributed by atoms with Crippen LogP contribution in [0.25, 0.3) is 0 Å². The molecule has 0 aliphatic carbocycles. The van der Waals surface area contributed by atoms with Crippen LogP contribution in [0.2, 0.25) is 0 Å². The van der Waals surface area contributed by atoms with Crippen LogP contribution in [-0.4, -0.2) is 23.0 Å². The SMILES string of the molecule is Cc1ccc(CN(C)Cc2ccsc2C(=O)O)o1. The second-order valence-electron chi connectivity index (χ2n) is 4.26. The highest BCUT2D eigenvalue weighted by atomic mass is 32.1. The van der Waals surface area contributed by atoms with Crippen LogP contribution in [0.15, 0.2) is 28.0 Å². The van der Waals surface area contributed by atoms with E-state index in [1.807, 2.05) is 42.5 Å². The van der Waals surface area contributed by atoms with Crippen LogP contribution in [0.3, 0.4) is 0 Å². The van der Waals surface area contributed by atoms with Gasteiger partial charge in [0.05, 0.1) is 6.54 Å². The van der Waals surface area contributed by atoms with Crippen molar-refractivity contribution in [2.24, 2.45) is 0 Å². The minimum Gasteiger partial charge on any atom is -0.477 e. The average Bonchev–Trinajstić information content (AvgIpc) is 2.87. The van der Waals surface area contributed by atoms with Crippen molar-refractivity contribution >= 4 is 17.3 Å². The molecule has 1 N–H and O–H groups in total. The molecule has 0 aliphatic rings. The molecule has 2 rings (SSSR count). The summed E-state index contributed by atoms with van der Waals surface area (Å²) in [6.07, 6.45) is 0. The van der Waals surface area contributed by atoms with Gasteiger partial charge < -0.3 is 9.52 Å². The molecule has 2 aromatic rings. The fraction of sp³-hybridized carbons (Fsp3) is 0.308. The van der Waals surface area contributed by atoms with Crippen LogP contribution in [-0.2, 0) is 13.1 Å². The molecule has 0 fully saturated rings. The summed E-state index contributed by atoms with van der Waals surface area (Å²) in [6, 6.07) is 5.73. The third kappa shape index (κ3) is 3.00. The number of furan rings is 1. The molecule has 2 aromatic heterocycles. The first-order valence-corrected chi connectivity index (χ1v) is 6.47. The lowest BCUT2D eigenvalue weighted by Crippen LogP contribution is -2.17. The zero-order chi connectivity index (χ0) is 13.1. The van der Waals surface area contributed by atoms with Gasteiger partial charge in [-0.1, -0.05) is 0 Å². The third-order valence-corrected chi connectivity index (χ3v) is 3.55. The molecular weight excluding hydrogens is 250 g/mol. The Balaban J connectivity index is 2.00. The fourth-order valence-corrected chi connectivity index (χ4v) is 2.58. The number of aryl methyl sites for hydroxylation is 1. The Labute approximate surface area is 109 Å². The van der Waals surface area contributed by atoms with E-state index in [4.69, 9.17) is 9.52 Å². The van der Waals surface area contributed by atoms with Crippen LogP contribution in [0.5, 0.6) is 0 Å². The van der Waals surface area contributed by atoms with Gasteiger partial charge in [0.25, 0.3) is 0 Å². The molecule has 18 heavy (non-hydrogen) atoms. The summed E-state index contributed by atoms with van der Waals surface area (Å²) in [5.74, 6) is 0.921. The average molecular weight is 265 g/mol. The molecule has 5 heteroatoms. The number of rotatable bonds is 5. The summed E-state index contributed by atoms with van der Waals surface area (Å²) in [5, 5.41) is 10.8. The van der Waals surface area contributed by atoms with Crippen LogP contribution < -0.4 is 0 Å². The molecule has 96 valence electrons. The predicted octanol–water partition coefficient (Wildman–Crippen LogP) is 2.98. The van der Waals surface area contributed by atoms with Crippen LogP contribution in [0.1, 0.15) is 26.8 Å². The van der Waals surface area contributed by atoms with E-state index in [-0.39, 0.29) is 0 Å². The van der Waals surface area contributed by atoms with Crippen molar-refractivity contribution in [3.63, 3.8) is 0 Å². The molecular formula is C13H15NO3S. The second kappa shape index (κ2) is 5.37. The van der Waals surface area contributed by atoms with Gasteiger partial charge >= 0.3 is 5.97 Å². The fourth-order valence-electron chi connectivity index (χ4n) is 1.83. The Kier molecular flexibility index (Phi) is 3.84. The van der Waals surface area contributed by atoms with E-state index in [1.165, 1.54) is 11.3 Å². The first-order valence-electron chi connectivity index (χ1n) is 5.60. The molecule has 0 aromatic carbocycles. The number of carbonyl (C=O) groups is 1. The van der Waals surface area contributed by atoms with Crippen molar-refractivity contribution in [1.82, 2.24) is 4.90 Å². The maximum absolute atomic E-state index is 11.0. The van der Waals surface area contributed by atoms with Gasteiger partial charge in [-0.3, -0.25) is 4.90 Å². The normalized spacial score (nSPS) is 11.1. The monoisotopic (exact) mass is 265 g/mol. The van der Waals surface area contributed by atoms with Crippen molar-refractivity contribution in [1.29, 1.82) is 0 Å². The molecule has 0 atom stereocenters. The highest BCUT2D eigenvalue weighted by Gasteiger charge is 2.13. The van der Waals surface area contributed by atoms with Gasteiger partial charge in [0.1, 0.15) is 16.4 Å². The van der Waals surface area contributed by atoms with E-state index in [2.05, 4.69) is 0 Å². The number of hydrogen-bond acceptors (Lipinski definition) is 4. The van der Waals surface area contributed by atoms with E-state index in [1.54, 1.807) is 0 Å². The lowest BCUT2D eigenvalue weighted by atomic mass is 10.2. The summed E-state index contributed by atoms with van der Waals surface area (Å²) in [7, 11) is 1.95. The zero-order valence-corrected chi connectivity index (χ0v) is 11.2. The Hall–Kier alpha value is -1.59. The van der Waals surface area contributed by atoms with Crippen molar-refractivity contribution < 1.29 is 14.3 Å². The summed E-state index contributed by atoms with van der Waals surface area (Å²) < 4.78 is 5.50. The number of thiophene rings is 1. The van der Waals surface area contributed by atoms with E-state index < -0.39 is 5.97 Å². The van der Waals surface area contributed by atoms with E-state index in [0.29, 0.717) is 18.0 Å². The number of nitrogens with zero attached hydrogens (tertiary/aromatic N) is 1. The molecule has 0 aliphatic heterocycles. The van der Waals surface area contributed by atoms with Gasteiger partial charge in [-0.2, -0.15) is 0 Å². The Bertz CT molecular complexity index is 544. The molecule has 0 radical (unpaired) electrons. The standard InChI is InChI=1S/C13H15NO3S/c1-9-3-4-11(17-9)8-14(2)7-10-5-6-18-12(10)13(15)16/h3-6H,7-8H2,1-2H3,(H,15,16). The minimum absolute atomic E-state index is 0.414. The molecule has 0 unspecified atom stereocenters.